The van der Waals surface area contributed by atoms with Crippen molar-refractivity contribution in [1.82, 2.24) is 0 Å². The molecule has 174 valence electrons. The van der Waals surface area contributed by atoms with Crippen molar-refractivity contribution in [1.29, 1.82) is 0 Å². The Balaban J connectivity index is 1.70. The molecule has 0 radical (unpaired) electrons. The molecule has 7 heteroatoms. The summed E-state index contributed by atoms with van der Waals surface area (Å²) in [5.74, 6) is 0.348. The second-order valence-electron chi connectivity index (χ2n) is 6.79. The van der Waals surface area contributed by atoms with Gasteiger partial charge < -0.3 is 24.1 Å². The lowest BCUT2D eigenvalue weighted by molar-refractivity contribution is -0.140. The largest absolute Gasteiger partial charge is 0.493 e. The van der Waals surface area contributed by atoms with Crippen LogP contribution in [0.15, 0.2) is 73.3 Å². The van der Waals surface area contributed by atoms with Gasteiger partial charge in [-0.05, 0) is 35.4 Å². The molecule has 33 heavy (non-hydrogen) atoms. The SMILES string of the molecule is C=CC(=O)OCCOc1ccc(/C=C/c2ccc(OCCCOC(=O)C(=C)CO)cc2)cc1. The van der Waals surface area contributed by atoms with Crippen LogP contribution in [0.4, 0.5) is 0 Å². The summed E-state index contributed by atoms with van der Waals surface area (Å²) in [6, 6.07) is 15.2. The smallest absolute Gasteiger partial charge is 0.335 e. The Labute approximate surface area is 193 Å². The maximum absolute atomic E-state index is 11.4. The number of esters is 2. The zero-order chi connectivity index (χ0) is 23.9. The fourth-order valence-corrected chi connectivity index (χ4v) is 2.48. The van der Waals surface area contributed by atoms with E-state index in [4.69, 9.17) is 24.1 Å². The van der Waals surface area contributed by atoms with E-state index in [0.717, 1.165) is 23.0 Å². The molecule has 0 aliphatic carbocycles. The highest BCUT2D eigenvalue weighted by Gasteiger charge is 2.06. The van der Waals surface area contributed by atoms with E-state index in [1.54, 1.807) is 0 Å². The van der Waals surface area contributed by atoms with Crippen LogP contribution in [-0.2, 0) is 19.1 Å². The zero-order valence-corrected chi connectivity index (χ0v) is 18.4. The standard InChI is InChI=1S/C26H28O7/c1-3-25(28)32-18-17-31-24-13-9-22(10-14-24)6-5-21-7-11-23(12-8-21)30-15-4-16-33-26(29)20(2)19-27/h3,5-14,27H,1-2,4,15-19H2/b6-5+. The van der Waals surface area contributed by atoms with Gasteiger partial charge in [-0.2, -0.15) is 0 Å². The van der Waals surface area contributed by atoms with Crippen LogP contribution in [0.3, 0.4) is 0 Å². The lowest BCUT2D eigenvalue weighted by Gasteiger charge is -2.08. The number of benzene rings is 2. The van der Waals surface area contributed by atoms with Gasteiger partial charge >= 0.3 is 11.9 Å². The fraction of sp³-hybridized carbons (Fsp3) is 0.231. The van der Waals surface area contributed by atoms with Gasteiger partial charge in [-0.25, -0.2) is 9.59 Å². The van der Waals surface area contributed by atoms with Gasteiger partial charge in [0.2, 0.25) is 0 Å². The molecule has 1 N–H and O–H groups in total. The maximum atomic E-state index is 11.4. The minimum Gasteiger partial charge on any atom is -0.493 e. The number of hydrogen-bond donors (Lipinski definition) is 1. The minimum atomic E-state index is -0.595. The minimum absolute atomic E-state index is 0.0348. The summed E-state index contributed by atoms with van der Waals surface area (Å²) < 4.78 is 21.0. The summed E-state index contributed by atoms with van der Waals surface area (Å²) in [5, 5.41) is 8.80. The van der Waals surface area contributed by atoms with E-state index in [9.17, 15) is 9.59 Å². The molecule has 0 saturated carbocycles. The van der Waals surface area contributed by atoms with E-state index < -0.39 is 18.5 Å². The third kappa shape index (κ3) is 9.88. The second-order valence-corrected chi connectivity index (χ2v) is 6.79. The molecular weight excluding hydrogens is 424 g/mol. The van der Waals surface area contributed by atoms with Crippen LogP contribution in [0.2, 0.25) is 0 Å². The predicted octanol–water partition coefficient (Wildman–Crippen LogP) is 3.83. The maximum Gasteiger partial charge on any atom is 0.335 e. The Bertz CT molecular complexity index is 944. The molecule has 0 spiro atoms. The molecule has 0 unspecified atom stereocenters. The first-order valence-corrected chi connectivity index (χ1v) is 10.4. The molecule has 2 aromatic rings. The average Bonchev–Trinajstić information content (AvgIpc) is 2.85. The summed E-state index contributed by atoms with van der Waals surface area (Å²) in [4.78, 5) is 22.3. The lowest BCUT2D eigenvalue weighted by atomic mass is 10.1. The van der Waals surface area contributed by atoms with Crippen LogP contribution in [-0.4, -0.2) is 50.1 Å². The monoisotopic (exact) mass is 452 g/mol. The van der Waals surface area contributed by atoms with Crippen LogP contribution in [0, 0.1) is 0 Å². The third-order valence-corrected chi connectivity index (χ3v) is 4.26. The highest BCUT2D eigenvalue weighted by Crippen LogP contribution is 2.17. The number of rotatable bonds is 14. The van der Waals surface area contributed by atoms with E-state index in [-0.39, 0.29) is 25.4 Å². The number of hydrogen-bond acceptors (Lipinski definition) is 7. The fourth-order valence-electron chi connectivity index (χ4n) is 2.48. The number of ether oxygens (including phenoxy) is 4. The van der Waals surface area contributed by atoms with Gasteiger partial charge in [0.05, 0.1) is 25.4 Å². The van der Waals surface area contributed by atoms with Crippen molar-refractivity contribution in [3.8, 4) is 11.5 Å². The van der Waals surface area contributed by atoms with Gasteiger partial charge in [0, 0.05) is 12.5 Å². The number of aliphatic hydroxyl groups is 1. The summed E-state index contributed by atoms with van der Waals surface area (Å²) in [7, 11) is 0. The highest BCUT2D eigenvalue weighted by molar-refractivity contribution is 5.87. The van der Waals surface area contributed by atoms with Crippen molar-refractivity contribution in [2.45, 2.75) is 6.42 Å². The first-order chi connectivity index (χ1) is 16.0. The van der Waals surface area contributed by atoms with Crippen LogP contribution >= 0.6 is 0 Å². The van der Waals surface area contributed by atoms with Crippen molar-refractivity contribution in [3.63, 3.8) is 0 Å². The molecule has 0 bridgehead atoms. The average molecular weight is 453 g/mol. The van der Waals surface area contributed by atoms with Crippen LogP contribution < -0.4 is 9.47 Å². The summed E-state index contributed by atoms with van der Waals surface area (Å²) in [6.07, 6.45) is 5.62. The Morgan fingerprint density at radius 1 is 0.788 bits per heavy atom. The van der Waals surface area contributed by atoms with Gasteiger partial charge in [0.1, 0.15) is 24.7 Å². The van der Waals surface area contributed by atoms with E-state index in [0.29, 0.717) is 18.8 Å². The summed E-state index contributed by atoms with van der Waals surface area (Å²) >= 11 is 0. The number of carbonyl (C=O) groups excluding carboxylic acids is 2. The predicted molar refractivity (Wildman–Crippen MR) is 126 cm³/mol. The van der Waals surface area contributed by atoms with E-state index >= 15 is 0 Å². The topological polar surface area (TPSA) is 91.3 Å². The Kier molecular flexibility index (Phi) is 11.0. The molecule has 0 amide bonds. The van der Waals surface area contributed by atoms with E-state index in [1.807, 2.05) is 60.7 Å². The molecule has 0 fully saturated rings. The molecule has 0 aliphatic rings. The molecule has 2 rings (SSSR count). The molecule has 7 nitrogen and oxygen atoms in total. The first kappa shape index (κ1) is 25.4. The quantitative estimate of drug-likeness (QED) is 0.202. The Hall–Kier alpha value is -3.84. The first-order valence-electron chi connectivity index (χ1n) is 10.4. The molecular formula is C26H28O7. The van der Waals surface area contributed by atoms with Crippen LogP contribution in [0.5, 0.6) is 11.5 Å². The van der Waals surface area contributed by atoms with Crippen molar-refractivity contribution in [2.75, 3.05) is 33.0 Å². The van der Waals surface area contributed by atoms with Gasteiger partial charge in [-0.3, -0.25) is 0 Å². The molecule has 0 saturated heterocycles. The van der Waals surface area contributed by atoms with Gasteiger partial charge in [-0.15, -0.1) is 0 Å². The molecule has 0 aromatic heterocycles. The Morgan fingerprint density at radius 2 is 1.33 bits per heavy atom. The highest BCUT2D eigenvalue weighted by atomic mass is 16.6. The van der Waals surface area contributed by atoms with Crippen molar-refractivity contribution < 1.29 is 33.6 Å². The van der Waals surface area contributed by atoms with Crippen molar-refractivity contribution >= 4 is 24.1 Å². The second kappa shape index (κ2) is 14.3. The number of aliphatic hydroxyl groups excluding tert-OH is 1. The Morgan fingerprint density at radius 3 is 1.85 bits per heavy atom. The van der Waals surface area contributed by atoms with Gasteiger partial charge in [0.25, 0.3) is 0 Å². The van der Waals surface area contributed by atoms with Gasteiger partial charge in [-0.1, -0.05) is 49.6 Å². The van der Waals surface area contributed by atoms with Crippen molar-refractivity contribution in [2.24, 2.45) is 0 Å². The van der Waals surface area contributed by atoms with Crippen LogP contribution in [0.25, 0.3) is 12.2 Å². The normalized spacial score (nSPS) is 10.5. The summed E-state index contributed by atoms with van der Waals surface area (Å²) in [6.45, 7) is 7.36. The van der Waals surface area contributed by atoms with E-state index in [2.05, 4.69) is 13.2 Å². The molecule has 0 atom stereocenters. The molecule has 0 aliphatic heterocycles. The van der Waals surface area contributed by atoms with E-state index in [1.165, 1.54) is 0 Å². The van der Waals surface area contributed by atoms with Crippen molar-refractivity contribution in [3.05, 3.63) is 84.5 Å². The third-order valence-electron chi connectivity index (χ3n) is 4.26. The summed E-state index contributed by atoms with van der Waals surface area (Å²) in [5.41, 5.74) is 2.06. The molecule has 2 aromatic carbocycles. The van der Waals surface area contributed by atoms with Gasteiger partial charge in [0.15, 0.2) is 0 Å². The molecule has 0 heterocycles. The number of carbonyl (C=O) groups is 2. The lowest BCUT2D eigenvalue weighted by Crippen LogP contribution is -2.12. The zero-order valence-electron chi connectivity index (χ0n) is 18.4. The van der Waals surface area contributed by atoms with Crippen LogP contribution in [0.1, 0.15) is 17.5 Å².